The summed E-state index contributed by atoms with van der Waals surface area (Å²) >= 11 is 0. The van der Waals surface area contributed by atoms with Crippen LogP contribution in [0.4, 0.5) is 0 Å². The van der Waals surface area contributed by atoms with Gasteiger partial charge < -0.3 is 9.73 Å². The summed E-state index contributed by atoms with van der Waals surface area (Å²) in [6, 6.07) is 4.44. The van der Waals surface area contributed by atoms with Crippen LogP contribution < -0.4 is 11.1 Å². The summed E-state index contributed by atoms with van der Waals surface area (Å²) in [5.74, 6) is -0.506. The highest BCUT2D eigenvalue weighted by atomic mass is 32.2. The van der Waals surface area contributed by atoms with E-state index in [0.29, 0.717) is 37.4 Å². The molecule has 0 bridgehead atoms. The van der Waals surface area contributed by atoms with Crippen molar-refractivity contribution in [2.24, 2.45) is 18.9 Å². The number of amides is 1. The number of fused-ring (bicyclic) bond motifs is 1. The van der Waals surface area contributed by atoms with E-state index in [1.54, 1.807) is 13.1 Å². The lowest BCUT2D eigenvalue weighted by Gasteiger charge is -2.31. The normalized spacial score (nSPS) is 18.9. The Morgan fingerprint density at radius 3 is 2.81 bits per heavy atom. The quantitative estimate of drug-likeness (QED) is 0.632. The average molecular weight is 452 g/mol. The predicted molar refractivity (Wildman–Crippen MR) is 119 cm³/mol. The first-order valence-electron chi connectivity index (χ1n) is 11.1. The molecule has 2 atom stereocenters. The highest BCUT2D eigenvalue weighted by Crippen LogP contribution is 2.26. The maximum absolute atomic E-state index is 13.2. The molecule has 1 amide bonds. The first-order valence-corrected chi connectivity index (χ1v) is 12.6. The molecule has 3 rings (SSSR count). The van der Waals surface area contributed by atoms with E-state index in [1.807, 2.05) is 0 Å². The van der Waals surface area contributed by atoms with Crippen LogP contribution in [-0.4, -0.2) is 42.8 Å². The first kappa shape index (κ1) is 23.5. The standard InChI is InChI=1S/C22H33N3O5S/c1-4-6-8-16(5-2)14-23-21(26)17-9-7-12-25(15-17)31(28,29)18-10-11-19-20(13-18)30-22(27)24(19)3/h10-11,13,16-17H,4-9,12,14-15H2,1-3H3,(H,23,26). The van der Waals surface area contributed by atoms with Gasteiger partial charge in [-0.3, -0.25) is 9.36 Å². The van der Waals surface area contributed by atoms with Crippen LogP contribution in [0.1, 0.15) is 52.4 Å². The number of piperidine rings is 1. The van der Waals surface area contributed by atoms with E-state index >= 15 is 0 Å². The summed E-state index contributed by atoms with van der Waals surface area (Å²) in [5, 5.41) is 3.04. The Morgan fingerprint density at radius 1 is 1.32 bits per heavy atom. The summed E-state index contributed by atoms with van der Waals surface area (Å²) in [7, 11) is -2.22. The third kappa shape index (κ3) is 5.20. The molecule has 1 N–H and O–H groups in total. The molecule has 31 heavy (non-hydrogen) atoms. The number of carbonyl (C=O) groups is 1. The van der Waals surface area contributed by atoms with Gasteiger partial charge in [-0.25, -0.2) is 13.2 Å². The molecule has 2 heterocycles. The number of sulfonamides is 1. The van der Waals surface area contributed by atoms with Crippen molar-refractivity contribution in [3.63, 3.8) is 0 Å². The molecule has 1 aromatic carbocycles. The molecule has 9 heteroatoms. The number of aryl methyl sites for hydroxylation is 1. The van der Waals surface area contributed by atoms with Crippen molar-refractivity contribution in [2.45, 2.75) is 57.3 Å². The van der Waals surface area contributed by atoms with E-state index < -0.39 is 15.8 Å². The van der Waals surface area contributed by atoms with Gasteiger partial charge in [0.25, 0.3) is 0 Å². The van der Waals surface area contributed by atoms with E-state index in [0.717, 1.165) is 25.7 Å². The minimum Gasteiger partial charge on any atom is -0.408 e. The molecule has 1 saturated heterocycles. The fourth-order valence-electron chi connectivity index (χ4n) is 4.13. The second kappa shape index (κ2) is 9.99. The van der Waals surface area contributed by atoms with E-state index in [-0.39, 0.29) is 28.8 Å². The lowest BCUT2D eigenvalue weighted by molar-refractivity contribution is -0.126. The number of carbonyl (C=O) groups excluding carboxylic acids is 1. The van der Waals surface area contributed by atoms with Gasteiger partial charge in [-0.2, -0.15) is 4.31 Å². The third-order valence-electron chi connectivity index (χ3n) is 6.26. The number of nitrogens with one attached hydrogen (secondary N) is 1. The molecule has 0 radical (unpaired) electrons. The Hall–Kier alpha value is -2.13. The van der Waals surface area contributed by atoms with Crippen molar-refractivity contribution in [1.29, 1.82) is 0 Å². The maximum Gasteiger partial charge on any atom is 0.419 e. The van der Waals surface area contributed by atoms with Gasteiger partial charge in [-0.1, -0.05) is 33.1 Å². The van der Waals surface area contributed by atoms with Gasteiger partial charge in [-0.05, 0) is 37.3 Å². The minimum atomic E-state index is -3.79. The number of benzene rings is 1. The van der Waals surface area contributed by atoms with Gasteiger partial charge in [0.2, 0.25) is 15.9 Å². The van der Waals surface area contributed by atoms with Crippen LogP contribution in [0.25, 0.3) is 11.1 Å². The van der Waals surface area contributed by atoms with Crippen molar-refractivity contribution in [2.75, 3.05) is 19.6 Å². The van der Waals surface area contributed by atoms with E-state index in [1.165, 1.54) is 21.0 Å². The smallest absolute Gasteiger partial charge is 0.408 e. The topological polar surface area (TPSA) is 102 Å². The zero-order chi connectivity index (χ0) is 22.6. The zero-order valence-corrected chi connectivity index (χ0v) is 19.4. The van der Waals surface area contributed by atoms with Crippen molar-refractivity contribution in [3.05, 3.63) is 28.7 Å². The van der Waals surface area contributed by atoms with Gasteiger partial charge in [0.05, 0.1) is 16.3 Å². The number of nitrogens with zero attached hydrogens (tertiary/aromatic N) is 2. The SMILES string of the molecule is CCCCC(CC)CNC(=O)C1CCCN(S(=O)(=O)c2ccc3c(c2)oc(=O)n3C)C1. The summed E-state index contributed by atoms with van der Waals surface area (Å²) in [6.07, 6.45) is 5.71. The van der Waals surface area contributed by atoms with Gasteiger partial charge in [0, 0.05) is 32.7 Å². The first-order chi connectivity index (χ1) is 14.8. The number of rotatable bonds is 9. The second-order valence-electron chi connectivity index (χ2n) is 8.42. The number of hydrogen-bond donors (Lipinski definition) is 1. The van der Waals surface area contributed by atoms with Crippen LogP contribution >= 0.6 is 0 Å². The molecule has 1 aliphatic rings. The zero-order valence-electron chi connectivity index (χ0n) is 18.6. The molecule has 0 aliphatic carbocycles. The predicted octanol–water partition coefficient (Wildman–Crippen LogP) is 2.86. The number of oxazole rings is 1. The van der Waals surface area contributed by atoms with Crippen LogP contribution in [-0.2, 0) is 21.9 Å². The molecule has 1 aromatic heterocycles. The fraction of sp³-hybridized carbons (Fsp3) is 0.636. The van der Waals surface area contributed by atoms with E-state index in [2.05, 4.69) is 19.2 Å². The summed E-state index contributed by atoms with van der Waals surface area (Å²) in [5.41, 5.74) is 0.769. The van der Waals surface area contributed by atoms with E-state index in [4.69, 9.17) is 4.42 Å². The molecule has 1 aliphatic heterocycles. The Labute approximate surface area is 183 Å². The molecule has 2 unspecified atom stereocenters. The second-order valence-corrected chi connectivity index (χ2v) is 10.4. The number of unbranched alkanes of at least 4 members (excludes halogenated alkanes) is 1. The van der Waals surface area contributed by atoms with Crippen molar-refractivity contribution < 1.29 is 17.6 Å². The molecular weight excluding hydrogens is 418 g/mol. The molecule has 1 fully saturated rings. The Morgan fingerprint density at radius 2 is 2.10 bits per heavy atom. The van der Waals surface area contributed by atoms with Gasteiger partial charge in [-0.15, -0.1) is 0 Å². The largest absolute Gasteiger partial charge is 0.419 e. The van der Waals surface area contributed by atoms with Crippen LogP contribution in [0.2, 0.25) is 0 Å². The minimum absolute atomic E-state index is 0.0700. The maximum atomic E-state index is 13.2. The monoisotopic (exact) mass is 451 g/mol. The molecular formula is C22H33N3O5S. The highest BCUT2D eigenvalue weighted by Gasteiger charge is 2.33. The molecule has 172 valence electrons. The van der Waals surface area contributed by atoms with Crippen LogP contribution in [0.5, 0.6) is 0 Å². The fourth-order valence-corrected chi connectivity index (χ4v) is 5.67. The van der Waals surface area contributed by atoms with Crippen LogP contribution in [0.3, 0.4) is 0 Å². The third-order valence-corrected chi connectivity index (χ3v) is 8.13. The van der Waals surface area contributed by atoms with E-state index in [9.17, 15) is 18.0 Å². The van der Waals surface area contributed by atoms with Crippen molar-refractivity contribution >= 4 is 27.0 Å². The van der Waals surface area contributed by atoms with Crippen molar-refractivity contribution in [1.82, 2.24) is 14.2 Å². The molecule has 8 nitrogen and oxygen atoms in total. The summed E-state index contributed by atoms with van der Waals surface area (Å²) < 4.78 is 34.2. The number of hydrogen-bond acceptors (Lipinski definition) is 5. The van der Waals surface area contributed by atoms with Crippen LogP contribution in [0, 0.1) is 11.8 Å². The highest BCUT2D eigenvalue weighted by molar-refractivity contribution is 7.89. The Kier molecular flexibility index (Phi) is 7.59. The lowest BCUT2D eigenvalue weighted by Crippen LogP contribution is -2.46. The molecule has 2 aromatic rings. The Bertz CT molecular complexity index is 1070. The van der Waals surface area contributed by atoms with Gasteiger partial charge >= 0.3 is 5.76 Å². The Balaban J connectivity index is 1.69. The van der Waals surface area contributed by atoms with Crippen LogP contribution in [0.15, 0.2) is 32.3 Å². The lowest BCUT2D eigenvalue weighted by atomic mass is 9.96. The number of aromatic nitrogens is 1. The van der Waals surface area contributed by atoms with Gasteiger partial charge in [0.1, 0.15) is 0 Å². The summed E-state index contributed by atoms with van der Waals surface area (Å²) in [6.45, 7) is 5.47. The van der Waals surface area contributed by atoms with Gasteiger partial charge in [0.15, 0.2) is 5.58 Å². The summed E-state index contributed by atoms with van der Waals surface area (Å²) in [4.78, 5) is 24.5. The average Bonchev–Trinajstić information content (AvgIpc) is 3.06. The molecule has 0 saturated carbocycles. The molecule has 0 spiro atoms. The van der Waals surface area contributed by atoms with Crippen molar-refractivity contribution in [3.8, 4) is 0 Å².